The summed E-state index contributed by atoms with van der Waals surface area (Å²) in [5.74, 6) is 2.73. The van der Waals surface area contributed by atoms with Crippen LogP contribution in [0.15, 0.2) is 15.5 Å². The fourth-order valence-corrected chi connectivity index (χ4v) is 5.92. The van der Waals surface area contributed by atoms with Gasteiger partial charge < -0.3 is 10.2 Å². The number of hydrogen-bond acceptors (Lipinski definition) is 6. The molecular formula is C17H21ClN4O2S2. The summed E-state index contributed by atoms with van der Waals surface area (Å²) in [5, 5.41) is 0.579. The van der Waals surface area contributed by atoms with E-state index in [1.807, 2.05) is 13.0 Å². The van der Waals surface area contributed by atoms with Gasteiger partial charge in [-0.15, -0.1) is 11.3 Å². The Morgan fingerprint density at radius 1 is 1.54 bits per heavy atom. The quantitative estimate of drug-likeness (QED) is 0.830. The Kier molecular flexibility index (Phi) is 4.40. The highest BCUT2D eigenvalue weighted by Gasteiger charge is 2.39. The molecule has 0 radical (unpaired) electrons. The van der Waals surface area contributed by atoms with Gasteiger partial charge in [-0.25, -0.2) is 14.2 Å². The van der Waals surface area contributed by atoms with Crippen molar-refractivity contribution >= 4 is 39.9 Å². The number of guanidine groups is 1. The van der Waals surface area contributed by atoms with Gasteiger partial charge in [0.1, 0.15) is 22.3 Å². The average Bonchev–Trinajstić information content (AvgIpc) is 3.21. The monoisotopic (exact) mass is 412 g/mol. The van der Waals surface area contributed by atoms with Crippen molar-refractivity contribution in [2.75, 3.05) is 12.8 Å². The number of nitrogens with zero attached hydrogens (tertiary/aromatic N) is 3. The standard InChI is InChI=1S/C17H21ClN4O2S2/c1-4-11-13(9-5-6-9)24-15(20-11)12-7-10(18)14(25-12)17(2)8-26(23)22(3)16(19)21-17/h7,9H,4-6,8H2,1-3H3,(H2,19,21). The van der Waals surface area contributed by atoms with Crippen LogP contribution in [0.2, 0.25) is 5.02 Å². The molecule has 140 valence electrons. The first-order valence-electron chi connectivity index (χ1n) is 8.59. The molecule has 9 heteroatoms. The SMILES string of the molecule is CCc1nc(-c2cc(Cl)c(C3(C)CS(=O)N(C)C(N)=N3)s2)oc1C1CC1. The zero-order chi connectivity index (χ0) is 18.6. The first-order valence-corrected chi connectivity index (χ1v) is 11.1. The number of oxazole rings is 1. The fourth-order valence-electron chi connectivity index (χ4n) is 3.14. The van der Waals surface area contributed by atoms with Gasteiger partial charge in [-0.3, -0.25) is 4.31 Å². The Morgan fingerprint density at radius 2 is 2.27 bits per heavy atom. The first-order chi connectivity index (χ1) is 12.3. The van der Waals surface area contributed by atoms with Crippen molar-refractivity contribution in [3.05, 3.63) is 27.4 Å². The molecule has 2 aliphatic rings. The van der Waals surface area contributed by atoms with Gasteiger partial charge in [0.2, 0.25) is 11.9 Å². The number of rotatable bonds is 4. The van der Waals surface area contributed by atoms with Crippen molar-refractivity contribution in [1.82, 2.24) is 9.29 Å². The second-order valence-electron chi connectivity index (χ2n) is 6.95. The minimum absolute atomic E-state index is 0.253. The average molecular weight is 413 g/mol. The van der Waals surface area contributed by atoms with Crippen LogP contribution in [-0.4, -0.2) is 32.3 Å². The molecule has 0 spiro atoms. The maximum atomic E-state index is 12.4. The van der Waals surface area contributed by atoms with Gasteiger partial charge in [0, 0.05) is 13.0 Å². The minimum atomic E-state index is -1.24. The van der Waals surface area contributed by atoms with Crippen LogP contribution in [0, 0.1) is 0 Å². The molecule has 1 aliphatic carbocycles. The molecule has 2 N–H and O–H groups in total. The molecule has 1 saturated carbocycles. The number of hydrogen-bond donors (Lipinski definition) is 1. The first kappa shape index (κ1) is 18.0. The Morgan fingerprint density at radius 3 is 2.88 bits per heavy atom. The summed E-state index contributed by atoms with van der Waals surface area (Å²) < 4.78 is 19.9. The summed E-state index contributed by atoms with van der Waals surface area (Å²) in [6, 6.07) is 1.86. The maximum absolute atomic E-state index is 12.4. The highest BCUT2D eigenvalue weighted by Crippen LogP contribution is 2.46. The van der Waals surface area contributed by atoms with E-state index in [1.54, 1.807) is 7.05 Å². The largest absolute Gasteiger partial charge is 0.440 e. The van der Waals surface area contributed by atoms with Crippen molar-refractivity contribution in [1.29, 1.82) is 0 Å². The third-order valence-electron chi connectivity index (χ3n) is 4.79. The summed E-state index contributed by atoms with van der Waals surface area (Å²) in [6.07, 6.45) is 3.19. The van der Waals surface area contributed by atoms with E-state index in [-0.39, 0.29) is 5.96 Å². The normalized spacial score (nSPS) is 26.2. The van der Waals surface area contributed by atoms with Crippen LogP contribution in [0.4, 0.5) is 0 Å². The minimum Gasteiger partial charge on any atom is -0.440 e. The zero-order valence-corrected chi connectivity index (χ0v) is 17.3. The van der Waals surface area contributed by atoms with Gasteiger partial charge in [-0.2, -0.15) is 0 Å². The van der Waals surface area contributed by atoms with E-state index in [2.05, 4.69) is 16.9 Å². The highest BCUT2D eigenvalue weighted by molar-refractivity contribution is 7.83. The van der Waals surface area contributed by atoms with E-state index in [4.69, 9.17) is 21.8 Å². The van der Waals surface area contributed by atoms with Crippen molar-refractivity contribution in [2.24, 2.45) is 10.7 Å². The number of thiophene rings is 1. The van der Waals surface area contributed by atoms with E-state index >= 15 is 0 Å². The summed E-state index contributed by atoms with van der Waals surface area (Å²) in [7, 11) is 0.434. The molecule has 0 bridgehead atoms. The molecular weight excluding hydrogens is 392 g/mol. The van der Waals surface area contributed by atoms with Gasteiger partial charge >= 0.3 is 0 Å². The molecule has 0 amide bonds. The molecule has 0 aromatic carbocycles. The lowest BCUT2D eigenvalue weighted by Gasteiger charge is -2.33. The van der Waals surface area contributed by atoms with Crippen LogP contribution in [0.25, 0.3) is 10.8 Å². The second kappa shape index (κ2) is 6.35. The summed E-state index contributed by atoms with van der Waals surface area (Å²) in [5.41, 5.74) is 6.25. The summed E-state index contributed by atoms with van der Waals surface area (Å²) in [4.78, 5) is 10.9. The van der Waals surface area contributed by atoms with Gasteiger partial charge in [0.05, 0.1) is 26.2 Å². The van der Waals surface area contributed by atoms with Gasteiger partial charge in [-0.05, 0) is 32.3 Å². The van der Waals surface area contributed by atoms with Crippen LogP contribution in [-0.2, 0) is 22.9 Å². The lowest BCUT2D eigenvalue weighted by Crippen LogP contribution is -2.47. The van der Waals surface area contributed by atoms with Crippen LogP contribution < -0.4 is 5.73 Å². The van der Waals surface area contributed by atoms with Crippen molar-refractivity contribution in [3.63, 3.8) is 0 Å². The third-order valence-corrected chi connectivity index (χ3v) is 8.18. The fraction of sp³-hybridized carbons (Fsp3) is 0.529. The molecule has 3 heterocycles. The number of aromatic nitrogens is 1. The Hall–Kier alpha value is -1.38. The predicted octanol–water partition coefficient (Wildman–Crippen LogP) is 3.64. The molecule has 1 fully saturated rings. The molecule has 2 aromatic heterocycles. The third kappa shape index (κ3) is 2.97. The zero-order valence-electron chi connectivity index (χ0n) is 14.9. The van der Waals surface area contributed by atoms with E-state index in [1.165, 1.54) is 28.5 Å². The number of nitrogens with two attached hydrogens (primary N) is 1. The van der Waals surface area contributed by atoms with Crippen LogP contribution in [0.5, 0.6) is 0 Å². The Labute approximate surface area is 164 Å². The molecule has 2 unspecified atom stereocenters. The molecule has 4 rings (SSSR count). The van der Waals surface area contributed by atoms with Crippen molar-refractivity contribution < 1.29 is 8.63 Å². The van der Waals surface area contributed by atoms with Crippen LogP contribution in [0.3, 0.4) is 0 Å². The lowest BCUT2D eigenvalue weighted by atomic mass is 10.0. The topological polar surface area (TPSA) is 84.7 Å². The molecule has 6 nitrogen and oxygen atoms in total. The highest BCUT2D eigenvalue weighted by atomic mass is 35.5. The van der Waals surface area contributed by atoms with Gasteiger partial charge in [-0.1, -0.05) is 18.5 Å². The lowest BCUT2D eigenvalue weighted by molar-refractivity contribution is 0.518. The predicted molar refractivity (Wildman–Crippen MR) is 106 cm³/mol. The van der Waals surface area contributed by atoms with E-state index < -0.39 is 16.5 Å². The van der Waals surface area contributed by atoms with Crippen LogP contribution >= 0.6 is 22.9 Å². The molecule has 2 atom stereocenters. The van der Waals surface area contributed by atoms with E-state index in [0.29, 0.717) is 22.6 Å². The van der Waals surface area contributed by atoms with Gasteiger partial charge in [0.25, 0.3) is 0 Å². The van der Waals surface area contributed by atoms with E-state index in [0.717, 1.165) is 27.6 Å². The Balaban J connectivity index is 1.73. The number of aryl methyl sites for hydroxylation is 1. The molecule has 2 aromatic rings. The summed E-state index contributed by atoms with van der Waals surface area (Å²) >= 11 is 8.01. The number of aliphatic imine (C=N–C) groups is 1. The maximum Gasteiger partial charge on any atom is 0.236 e. The van der Waals surface area contributed by atoms with Gasteiger partial charge in [0.15, 0.2) is 0 Å². The van der Waals surface area contributed by atoms with E-state index in [9.17, 15) is 4.21 Å². The Bertz CT molecular complexity index is 918. The molecule has 0 saturated heterocycles. The van der Waals surface area contributed by atoms with Crippen molar-refractivity contribution in [3.8, 4) is 10.8 Å². The smallest absolute Gasteiger partial charge is 0.236 e. The second-order valence-corrected chi connectivity index (χ2v) is 9.89. The van der Waals surface area contributed by atoms with Crippen LogP contribution in [0.1, 0.15) is 48.9 Å². The summed E-state index contributed by atoms with van der Waals surface area (Å²) in [6.45, 7) is 4.00. The molecule has 1 aliphatic heterocycles. The molecule has 26 heavy (non-hydrogen) atoms. The number of halogens is 1. The van der Waals surface area contributed by atoms with Crippen molar-refractivity contribution in [2.45, 2.75) is 44.6 Å².